The van der Waals surface area contributed by atoms with Gasteiger partial charge in [0.2, 0.25) is 0 Å². The third kappa shape index (κ3) is 2.12. The van der Waals surface area contributed by atoms with Gasteiger partial charge in [0.15, 0.2) is 11.5 Å². The number of aromatic nitrogens is 3. The molecule has 0 unspecified atom stereocenters. The third-order valence-corrected chi connectivity index (χ3v) is 2.91. The van der Waals surface area contributed by atoms with E-state index < -0.39 is 0 Å². The van der Waals surface area contributed by atoms with Crippen LogP contribution in [-0.4, -0.2) is 21.4 Å². The fourth-order valence-electron chi connectivity index (χ4n) is 1.90. The number of nitrogens with one attached hydrogen (secondary N) is 2. The number of benzene rings is 1. The van der Waals surface area contributed by atoms with Gasteiger partial charge in [-0.25, -0.2) is 9.97 Å². The summed E-state index contributed by atoms with van der Waals surface area (Å²) in [7, 11) is 1.82. The standard InChI is InChI=1S/C14H12N6/c1-16-12-9-20-7-6-17-14(20)13(19-12)18-11-4-2-10(8-15)3-5-11/h2-7,9,16H,1H3,(H,18,19). The molecule has 0 fully saturated rings. The molecule has 0 aliphatic carbocycles. The number of nitrogens with zero attached hydrogens (tertiary/aromatic N) is 4. The van der Waals surface area contributed by atoms with Crippen molar-refractivity contribution in [1.82, 2.24) is 14.4 Å². The van der Waals surface area contributed by atoms with E-state index in [1.807, 2.05) is 36.0 Å². The molecule has 3 rings (SSSR count). The number of imidazole rings is 1. The molecule has 2 N–H and O–H groups in total. The SMILES string of the molecule is CNc1cn2ccnc2c(Nc2ccc(C#N)cc2)n1. The summed E-state index contributed by atoms with van der Waals surface area (Å²) in [5.74, 6) is 1.40. The minimum Gasteiger partial charge on any atom is -0.372 e. The average Bonchev–Trinajstić information content (AvgIpc) is 2.96. The molecule has 0 atom stereocenters. The van der Waals surface area contributed by atoms with E-state index in [0.29, 0.717) is 11.4 Å². The zero-order chi connectivity index (χ0) is 13.9. The summed E-state index contributed by atoms with van der Waals surface area (Å²) < 4.78 is 1.89. The Labute approximate surface area is 115 Å². The molecule has 0 aliphatic heterocycles. The Balaban J connectivity index is 2.00. The Morgan fingerprint density at radius 2 is 2.05 bits per heavy atom. The number of rotatable bonds is 3. The molecule has 20 heavy (non-hydrogen) atoms. The van der Waals surface area contributed by atoms with Gasteiger partial charge in [0.05, 0.1) is 17.8 Å². The predicted octanol–water partition coefficient (Wildman–Crippen LogP) is 2.39. The van der Waals surface area contributed by atoms with Crippen molar-refractivity contribution in [2.75, 3.05) is 17.7 Å². The molecule has 0 saturated carbocycles. The molecule has 6 heteroatoms. The Bertz CT molecular complexity index is 782. The number of anilines is 3. The largest absolute Gasteiger partial charge is 0.372 e. The number of hydrogen-bond donors (Lipinski definition) is 2. The average molecular weight is 264 g/mol. The molecule has 0 aliphatic rings. The summed E-state index contributed by atoms with van der Waals surface area (Å²) in [5.41, 5.74) is 2.22. The van der Waals surface area contributed by atoms with E-state index >= 15 is 0 Å². The lowest BCUT2D eigenvalue weighted by Gasteiger charge is -2.09. The van der Waals surface area contributed by atoms with Crippen molar-refractivity contribution in [3.8, 4) is 6.07 Å². The van der Waals surface area contributed by atoms with Gasteiger partial charge in [-0.3, -0.25) is 0 Å². The van der Waals surface area contributed by atoms with E-state index in [1.165, 1.54) is 0 Å². The van der Waals surface area contributed by atoms with E-state index in [2.05, 4.69) is 26.7 Å². The van der Waals surface area contributed by atoms with E-state index in [9.17, 15) is 0 Å². The molecule has 6 nitrogen and oxygen atoms in total. The lowest BCUT2D eigenvalue weighted by Crippen LogP contribution is -2.02. The van der Waals surface area contributed by atoms with Crippen molar-refractivity contribution >= 4 is 23.0 Å². The first-order valence-corrected chi connectivity index (χ1v) is 6.09. The van der Waals surface area contributed by atoms with Gasteiger partial charge >= 0.3 is 0 Å². The van der Waals surface area contributed by atoms with Gasteiger partial charge in [-0.15, -0.1) is 0 Å². The topological polar surface area (TPSA) is 78.0 Å². The van der Waals surface area contributed by atoms with Gasteiger partial charge < -0.3 is 15.0 Å². The number of hydrogen-bond acceptors (Lipinski definition) is 5. The predicted molar refractivity (Wildman–Crippen MR) is 77.0 cm³/mol. The lowest BCUT2D eigenvalue weighted by atomic mass is 10.2. The molecule has 0 saturated heterocycles. The van der Waals surface area contributed by atoms with Crippen LogP contribution in [0.25, 0.3) is 5.65 Å². The molecule has 0 radical (unpaired) electrons. The highest BCUT2D eigenvalue weighted by Gasteiger charge is 2.07. The van der Waals surface area contributed by atoms with Crippen LogP contribution in [-0.2, 0) is 0 Å². The molecule has 2 aromatic heterocycles. The van der Waals surface area contributed by atoms with Crippen LogP contribution >= 0.6 is 0 Å². The van der Waals surface area contributed by atoms with Crippen LogP contribution in [0.1, 0.15) is 5.56 Å². The Kier molecular flexibility index (Phi) is 2.94. The zero-order valence-corrected chi connectivity index (χ0v) is 10.8. The maximum Gasteiger partial charge on any atom is 0.180 e. The lowest BCUT2D eigenvalue weighted by molar-refractivity contribution is 1.12. The fourth-order valence-corrected chi connectivity index (χ4v) is 1.90. The van der Waals surface area contributed by atoms with Crippen LogP contribution in [0.2, 0.25) is 0 Å². The van der Waals surface area contributed by atoms with Crippen molar-refractivity contribution in [2.24, 2.45) is 0 Å². The van der Waals surface area contributed by atoms with Crippen LogP contribution in [0.4, 0.5) is 17.3 Å². The van der Waals surface area contributed by atoms with E-state index in [0.717, 1.165) is 17.2 Å². The Morgan fingerprint density at radius 3 is 2.75 bits per heavy atom. The molecule has 0 amide bonds. The summed E-state index contributed by atoms with van der Waals surface area (Å²) in [5, 5.41) is 15.0. The maximum atomic E-state index is 8.80. The van der Waals surface area contributed by atoms with Crippen LogP contribution in [0, 0.1) is 11.3 Å². The highest BCUT2D eigenvalue weighted by molar-refractivity contribution is 5.71. The first-order valence-electron chi connectivity index (χ1n) is 6.09. The van der Waals surface area contributed by atoms with Gasteiger partial charge in [0.1, 0.15) is 5.82 Å². The molecule has 98 valence electrons. The second-order valence-electron chi connectivity index (χ2n) is 4.20. The van der Waals surface area contributed by atoms with Crippen molar-refractivity contribution in [1.29, 1.82) is 5.26 Å². The minimum absolute atomic E-state index is 0.624. The summed E-state index contributed by atoms with van der Waals surface area (Å²) in [6.45, 7) is 0. The first kappa shape index (κ1) is 12.0. The van der Waals surface area contributed by atoms with Gasteiger partial charge in [-0.1, -0.05) is 0 Å². The molecular formula is C14H12N6. The van der Waals surface area contributed by atoms with Gasteiger partial charge in [-0.2, -0.15) is 5.26 Å². The van der Waals surface area contributed by atoms with Gasteiger partial charge in [0.25, 0.3) is 0 Å². The number of nitriles is 1. The quantitative estimate of drug-likeness (QED) is 0.759. The third-order valence-electron chi connectivity index (χ3n) is 2.91. The molecule has 1 aromatic carbocycles. The monoisotopic (exact) mass is 264 g/mol. The van der Waals surface area contributed by atoms with Gasteiger partial charge in [0, 0.05) is 25.1 Å². The van der Waals surface area contributed by atoms with Gasteiger partial charge in [-0.05, 0) is 24.3 Å². The minimum atomic E-state index is 0.624. The highest BCUT2D eigenvalue weighted by Crippen LogP contribution is 2.21. The van der Waals surface area contributed by atoms with Crippen LogP contribution in [0.15, 0.2) is 42.9 Å². The normalized spacial score (nSPS) is 10.2. The van der Waals surface area contributed by atoms with E-state index in [-0.39, 0.29) is 0 Å². The van der Waals surface area contributed by atoms with E-state index in [1.54, 1.807) is 18.3 Å². The Morgan fingerprint density at radius 1 is 1.25 bits per heavy atom. The van der Waals surface area contributed by atoms with Crippen molar-refractivity contribution < 1.29 is 0 Å². The Hall–Kier alpha value is -3.07. The van der Waals surface area contributed by atoms with Crippen molar-refractivity contribution in [2.45, 2.75) is 0 Å². The summed E-state index contributed by atoms with van der Waals surface area (Å²) in [4.78, 5) is 8.74. The summed E-state index contributed by atoms with van der Waals surface area (Å²) in [6, 6.07) is 9.28. The molecule has 3 aromatic rings. The molecule has 0 bridgehead atoms. The van der Waals surface area contributed by atoms with Crippen molar-refractivity contribution in [3.05, 3.63) is 48.4 Å². The maximum absolute atomic E-state index is 8.80. The van der Waals surface area contributed by atoms with Crippen LogP contribution in [0.3, 0.4) is 0 Å². The van der Waals surface area contributed by atoms with Crippen LogP contribution in [0.5, 0.6) is 0 Å². The second kappa shape index (κ2) is 4.90. The molecule has 2 heterocycles. The summed E-state index contributed by atoms with van der Waals surface area (Å²) in [6.07, 6.45) is 5.45. The zero-order valence-electron chi connectivity index (χ0n) is 10.8. The van der Waals surface area contributed by atoms with Crippen molar-refractivity contribution in [3.63, 3.8) is 0 Å². The summed E-state index contributed by atoms with van der Waals surface area (Å²) >= 11 is 0. The fraction of sp³-hybridized carbons (Fsp3) is 0.0714. The smallest absolute Gasteiger partial charge is 0.180 e. The second-order valence-corrected chi connectivity index (χ2v) is 4.20. The highest BCUT2D eigenvalue weighted by atomic mass is 15.1. The number of fused-ring (bicyclic) bond motifs is 1. The van der Waals surface area contributed by atoms with E-state index in [4.69, 9.17) is 5.26 Å². The molecule has 0 spiro atoms. The first-order chi connectivity index (χ1) is 9.80. The van der Waals surface area contributed by atoms with Crippen LogP contribution < -0.4 is 10.6 Å². The molecular weight excluding hydrogens is 252 g/mol.